The summed E-state index contributed by atoms with van der Waals surface area (Å²) in [5.74, 6) is -1.16. The molecule has 0 aliphatic heterocycles. The maximum Gasteiger partial charge on any atom is 0.335 e. The highest BCUT2D eigenvalue weighted by Crippen LogP contribution is 2.26. The van der Waals surface area contributed by atoms with Crippen LogP contribution in [0.3, 0.4) is 0 Å². The van der Waals surface area contributed by atoms with E-state index < -0.39 is 16.0 Å². The highest BCUT2D eigenvalue weighted by molar-refractivity contribution is 9.10. The van der Waals surface area contributed by atoms with Crippen LogP contribution in [-0.4, -0.2) is 37.5 Å². The predicted molar refractivity (Wildman–Crippen MR) is 88.6 cm³/mol. The van der Waals surface area contributed by atoms with Crippen molar-refractivity contribution in [3.63, 3.8) is 0 Å². The molecule has 1 aromatic rings. The average molecular weight is 396 g/mol. The molecule has 0 saturated heterocycles. The lowest BCUT2D eigenvalue weighted by Crippen LogP contribution is -2.27. The van der Waals surface area contributed by atoms with E-state index in [1.807, 2.05) is 13.2 Å². The fourth-order valence-corrected chi connectivity index (χ4v) is 3.93. The first-order chi connectivity index (χ1) is 9.69. The summed E-state index contributed by atoms with van der Waals surface area (Å²) in [5, 5.41) is 9.38. The van der Waals surface area contributed by atoms with Crippen LogP contribution < -0.4 is 4.72 Å². The van der Waals surface area contributed by atoms with Gasteiger partial charge in [0.1, 0.15) is 0 Å². The molecular weight excluding hydrogens is 378 g/mol. The van der Waals surface area contributed by atoms with Gasteiger partial charge in [-0.3, -0.25) is 0 Å². The number of benzene rings is 1. The van der Waals surface area contributed by atoms with Crippen molar-refractivity contribution in [2.75, 3.05) is 12.8 Å². The SMILES string of the molecule is CSC(C)CCNS(=O)(=O)c1cc(C(=O)O)cc(Br)c1C. The number of sulfonamides is 1. The van der Waals surface area contributed by atoms with Gasteiger partial charge >= 0.3 is 5.97 Å². The Morgan fingerprint density at radius 3 is 2.62 bits per heavy atom. The first-order valence-electron chi connectivity index (χ1n) is 6.25. The van der Waals surface area contributed by atoms with Gasteiger partial charge < -0.3 is 5.11 Å². The Morgan fingerprint density at radius 1 is 1.48 bits per heavy atom. The highest BCUT2D eigenvalue weighted by atomic mass is 79.9. The molecule has 5 nitrogen and oxygen atoms in total. The first-order valence-corrected chi connectivity index (χ1v) is 9.81. The number of hydrogen-bond donors (Lipinski definition) is 2. The molecule has 2 N–H and O–H groups in total. The summed E-state index contributed by atoms with van der Waals surface area (Å²) >= 11 is 4.86. The van der Waals surface area contributed by atoms with E-state index in [0.29, 0.717) is 28.3 Å². The normalized spacial score (nSPS) is 13.1. The fraction of sp³-hybridized carbons (Fsp3) is 0.462. The summed E-state index contributed by atoms with van der Waals surface area (Å²) in [5.41, 5.74) is 0.427. The van der Waals surface area contributed by atoms with Crippen LogP contribution in [0.25, 0.3) is 0 Å². The van der Waals surface area contributed by atoms with Gasteiger partial charge in [0, 0.05) is 16.3 Å². The zero-order valence-corrected chi connectivity index (χ0v) is 15.2. The third-order valence-electron chi connectivity index (χ3n) is 3.08. The third-order valence-corrected chi connectivity index (χ3v) is 6.53. The summed E-state index contributed by atoms with van der Waals surface area (Å²) in [7, 11) is -3.73. The second-order valence-electron chi connectivity index (χ2n) is 4.62. The second-order valence-corrected chi connectivity index (χ2v) is 8.48. The van der Waals surface area contributed by atoms with Crippen molar-refractivity contribution < 1.29 is 18.3 Å². The Labute approximate surface area is 137 Å². The molecule has 0 aromatic heterocycles. The number of rotatable bonds is 7. The van der Waals surface area contributed by atoms with Crippen molar-refractivity contribution in [2.24, 2.45) is 0 Å². The first kappa shape index (κ1) is 18.5. The van der Waals surface area contributed by atoms with E-state index >= 15 is 0 Å². The zero-order chi connectivity index (χ0) is 16.2. The molecule has 0 fully saturated rings. The number of carboxylic acids is 1. The lowest BCUT2D eigenvalue weighted by atomic mass is 10.1. The minimum absolute atomic E-state index is 0.00826. The molecule has 8 heteroatoms. The minimum atomic E-state index is -3.73. The number of halogens is 1. The van der Waals surface area contributed by atoms with Gasteiger partial charge in [0.2, 0.25) is 10.0 Å². The second kappa shape index (κ2) is 7.62. The molecule has 1 rings (SSSR count). The molecule has 118 valence electrons. The highest BCUT2D eigenvalue weighted by Gasteiger charge is 2.21. The van der Waals surface area contributed by atoms with Gasteiger partial charge in [0.15, 0.2) is 0 Å². The molecular formula is C13H18BrNO4S2. The summed E-state index contributed by atoms with van der Waals surface area (Å²) in [6, 6.07) is 2.58. The average Bonchev–Trinajstić information content (AvgIpc) is 2.40. The summed E-state index contributed by atoms with van der Waals surface area (Å²) in [4.78, 5) is 11.0. The van der Waals surface area contributed by atoms with Gasteiger partial charge in [0.05, 0.1) is 10.5 Å². The van der Waals surface area contributed by atoms with Crippen molar-refractivity contribution in [2.45, 2.75) is 30.4 Å². The Morgan fingerprint density at radius 2 is 2.10 bits per heavy atom. The van der Waals surface area contributed by atoms with Crippen LogP contribution in [0.15, 0.2) is 21.5 Å². The van der Waals surface area contributed by atoms with E-state index in [-0.39, 0.29) is 10.5 Å². The largest absolute Gasteiger partial charge is 0.478 e. The molecule has 0 aliphatic rings. The van der Waals surface area contributed by atoms with Gasteiger partial charge in [-0.1, -0.05) is 22.9 Å². The topological polar surface area (TPSA) is 83.5 Å². The van der Waals surface area contributed by atoms with Gasteiger partial charge in [-0.25, -0.2) is 17.9 Å². The standard InChI is InChI=1S/C13H18BrNO4S2/c1-8(20-3)4-5-15-21(18,19)12-7-10(13(16)17)6-11(14)9(12)2/h6-8,15H,4-5H2,1-3H3,(H,16,17). The lowest BCUT2D eigenvalue weighted by molar-refractivity contribution is 0.0696. The Kier molecular flexibility index (Phi) is 6.71. The van der Waals surface area contributed by atoms with E-state index in [4.69, 9.17) is 5.11 Å². The van der Waals surface area contributed by atoms with E-state index in [0.717, 1.165) is 0 Å². The van der Waals surface area contributed by atoms with Crippen LogP contribution >= 0.6 is 27.7 Å². The van der Waals surface area contributed by atoms with E-state index in [1.54, 1.807) is 18.7 Å². The molecule has 0 radical (unpaired) electrons. The number of carbonyl (C=O) groups is 1. The summed E-state index contributed by atoms with van der Waals surface area (Å²) in [6.45, 7) is 3.97. The molecule has 1 atom stereocenters. The fourth-order valence-electron chi connectivity index (χ4n) is 1.65. The van der Waals surface area contributed by atoms with Crippen LogP contribution in [0.2, 0.25) is 0 Å². The molecule has 21 heavy (non-hydrogen) atoms. The number of nitrogens with one attached hydrogen (secondary N) is 1. The van der Waals surface area contributed by atoms with Crippen molar-refractivity contribution in [1.29, 1.82) is 0 Å². The van der Waals surface area contributed by atoms with Crippen LogP contribution in [0.1, 0.15) is 29.3 Å². The zero-order valence-electron chi connectivity index (χ0n) is 12.0. The van der Waals surface area contributed by atoms with Crippen LogP contribution in [0, 0.1) is 6.92 Å². The maximum atomic E-state index is 12.3. The molecule has 0 bridgehead atoms. The van der Waals surface area contributed by atoms with Crippen molar-refractivity contribution in [1.82, 2.24) is 4.72 Å². The van der Waals surface area contributed by atoms with Gasteiger partial charge in [-0.15, -0.1) is 0 Å². The maximum absolute atomic E-state index is 12.3. The summed E-state index contributed by atoms with van der Waals surface area (Å²) in [6.07, 6.45) is 2.68. The van der Waals surface area contributed by atoms with Gasteiger partial charge in [-0.05, 0) is 37.3 Å². The smallest absolute Gasteiger partial charge is 0.335 e. The lowest BCUT2D eigenvalue weighted by Gasteiger charge is -2.13. The van der Waals surface area contributed by atoms with Crippen molar-refractivity contribution >= 4 is 43.7 Å². The Bertz CT molecular complexity index is 631. The van der Waals surface area contributed by atoms with E-state index in [1.165, 1.54) is 12.1 Å². The van der Waals surface area contributed by atoms with Crippen molar-refractivity contribution in [3.05, 3.63) is 27.7 Å². The number of carboxylic acid groups (broad SMARTS) is 1. The molecule has 0 amide bonds. The minimum Gasteiger partial charge on any atom is -0.478 e. The van der Waals surface area contributed by atoms with E-state index in [2.05, 4.69) is 20.7 Å². The Hall–Kier alpha value is -0.570. The predicted octanol–water partition coefficient (Wildman–Crippen LogP) is 2.88. The third kappa shape index (κ3) is 4.98. The van der Waals surface area contributed by atoms with Gasteiger partial charge in [-0.2, -0.15) is 11.8 Å². The number of thioether (sulfide) groups is 1. The molecule has 0 saturated carbocycles. The van der Waals surface area contributed by atoms with Crippen molar-refractivity contribution in [3.8, 4) is 0 Å². The molecule has 1 aromatic carbocycles. The van der Waals surface area contributed by atoms with Crippen LogP contribution in [0.5, 0.6) is 0 Å². The summed E-state index contributed by atoms with van der Waals surface area (Å²) < 4.78 is 27.6. The molecule has 1 unspecified atom stereocenters. The van der Waals surface area contributed by atoms with E-state index in [9.17, 15) is 13.2 Å². The van der Waals surface area contributed by atoms with Crippen LogP contribution in [-0.2, 0) is 10.0 Å². The quantitative estimate of drug-likeness (QED) is 0.741. The number of aromatic carboxylic acids is 1. The molecule has 0 heterocycles. The number of hydrogen-bond acceptors (Lipinski definition) is 4. The Balaban J connectivity index is 3.05. The van der Waals surface area contributed by atoms with Crippen LogP contribution in [0.4, 0.5) is 0 Å². The molecule has 0 spiro atoms. The van der Waals surface area contributed by atoms with Gasteiger partial charge in [0.25, 0.3) is 0 Å². The molecule has 0 aliphatic carbocycles. The monoisotopic (exact) mass is 395 g/mol.